The maximum atomic E-state index is 13.0. The maximum Gasteiger partial charge on any atom is 0.234 e. The van der Waals surface area contributed by atoms with Crippen LogP contribution in [0.25, 0.3) is 10.6 Å². The Bertz CT molecular complexity index is 673. The molecule has 2 aromatic heterocycles. The molecule has 0 spiro atoms. The van der Waals surface area contributed by atoms with Gasteiger partial charge in [-0.1, -0.05) is 18.1 Å². The molecule has 2 aliphatic rings. The fourth-order valence-corrected chi connectivity index (χ4v) is 4.09. The SMILES string of the molecule is CC1CCCN(C(=O)C2(c3cc(-c4cccs4)on3)CC2)C1. The van der Waals surface area contributed by atoms with Crippen molar-refractivity contribution in [1.82, 2.24) is 10.1 Å². The van der Waals surface area contributed by atoms with E-state index in [2.05, 4.69) is 12.1 Å². The summed E-state index contributed by atoms with van der Waals surface area (Å²) >= 11 is 1.63. The van der Waals surface area contributed by atoms with E-state index in [1.807, 2.05) is 28.5 Å². The van der Waals surface area contributed by atoms with Crippen LogP contribution in [0.15, 0.2) is 28.1 Å². The third-order valence-corrected chi connectivity index (χ3v) is 5.75. The van der Waals surface area contributed by atoms with E-state index in [0.29, 0.717) is 5.92 Å². The van der Waals surface area contributed by atoms with E-state index in [9.17, 15) is 4.79 Å². The molecule has 1 amide bonds. The number of nitrogens with zero attached hydrogens (tertiary/aromatic N) is 2. The third kappa shape index (κ3) is 2.28. The standard InChI is InChI=1S/C17H20N2O2S/c1-12-4-2-8-19(11-12)16(20)17(6-7-17)15-10-13(21-18-15)14-5-3-9-22-14/h3,5,9-10,12H,2,4,6-8,11H2,1H3. The number of thiophene rings is 1. The number of hydrogen-bond acceptors (Lipinski definition) is 4. The molecule has 5 heteroatoms. The Labute approximate surface area is 134 Å². The number of hydrogen-bond donors (Lipinski definition) is 0. The second kappa shape index (κ2) is 5.23. The van der Waals surface area contributed by atoms with Crippen molar-refractivity contribution in [1.29, 1.82) is 0 Å². The zero-order valence-corrected chi connectivity index (χ0v) is 13.6. The van der Waals surface area contributed by atoms with Crippen molar-refractivity contribution in [3.63, 3.8) is 0 Å². The quantitative estimate of drug-likeness (QED) is 0.867. The number of piperidine rings is 1. The van der Waals surface area contributed by atoms with Gasteiger partial charge in [0.1, 0.15) is 0 Å². The lowest BCUT2D eigenvalue weighted by Crippen LogP contribution is -2.44. The first-order valence-corrected chi connectivity index (χ1v) is 8.87. The minimum Gasteiger partial charge on any atom is -0.355 e. The normalized spacial score (nSPS) is 23.5. The minimum atomic E-state index is -0.407. The smallest absolute Gasteiger partial charge is 0.234 e. The lowest BCUT2D eigenvalue weighted by molar-refractivity contribution is -0.135. The third-order valence-electron chi connectivity index (χ3n) is 4.87. The van der Waals surface area contributed by atoms with Crippen LogP contribution in [0.2, 0.25) is 0 Å². The van der Waals surface area contributed by atoms with Gasteiger partial charge in [0.05, 0.1) is 16.0 Å². The fourth-order valence-electron chi connectivity index (χ4n) is 3.42. The number of carbonyl (C=O) groups is 1. The Hall–Kier alpha value is -1.62. The average Bonchev–Trinajstić information content (AvgIpc) is 2.95. The van der Waals surface area contributed by atoms with Gasteiger partial charge in [0.15, 0.2) is 5.76 Å². The molecule has 22 heavy (non-hydrogen) atoms. The van der Waals surface area contributed by atoms with Crippen LogP contribution in [0, 0.1) is 5.92 Å². The van der Waals surface area contributed by atoms with Gasteiger partial charge in [-0.25, -0.2) is 0 Å². The van der Waals surface area contributed by atoms with Gasteiger partial charge in [-0.05, 0) is 43.0 Å². The summed E-state index contributed by atoms with van der Waals surface area (Å²) in [7, 11) is 0. The van der Waals surface area contributed by atoms with Crippen LogP contribution in [0.1, 0.15) is 38.3 Å². The number of carbonyl (C=O) groups excluding carboxylic acids is 1. The van der Waals surface area contributed by atoms with Crippen molar-refractivity contribution < 1.29 is 9.32 Å². The lowest BCUT2D eigenvalue weighted by Gasteiger charge is -2.33. The summed E-state index contributed by atoms with van der Waals surface area (Å²) in [5, 5.41) is 6.24. The molecule has 1 saturated carbocycles. The molecule has 1 unspecified atom stereocenters. The van der Waals surface area contributed by atoms with Gasteiger partial charge < -0.3 is 9.42 Å². The van der Waals surface area contributed by atoms with Crippen molar-refractivity contribution in [2.75, 3.05) is 13.1 Å². The summed E-state index contributed by atoms with van der Waals surface area (Å²) < 4.78 is 5.48. The summed E-state index contributed by atoms with van der Waals surface area (Å²) in [4.78, 5) is 16.1. The molecule has 4 nitrogen and oxygen atoms in total. The van der Waals surface area contributed by atoms with Crippen molar-refractivity contribution >= 4 is 17.2 Å². The molecule has 1 aliphatic carbocycles. The Kier molecular flexibility index (Phi) is 3.33. The minimum absolute atomic E-state index is 0.255. The van der Waals surface area contributed by atoms with Crippen molar-refractivity contribution in [2.45, 2.75) is 38.0 Å². The van der Waals surface area contributed by atoms with E-state index in [1.165, 1.54) is 6.42 Å². The molecular weight excluding hydrogens is 296 g/mol. The first-order chi connectivity index (χ1) is 10.7. The fraction of sp³-hybridized carbons (Fsp3) is 0.529. The summed E-state index contributed by atoms with van der Waals surface area (Å²) in [5.74, 6) is 1.63. The van der Waals surface area contributed by atoms with E-state index < -0.39 is 5.41 Å². The zero-order valence-electron chi connectivity index (χ0n) is 12.7. The molecule has 1 atom stereocenters. The highest BCUT2D eigenvalue weighted by molar-refractivity contribution is 7.13. The van der Waals surface area contributed by atoms with Gasteiger partial charge in [-0.3, -0.25) is 4.79 Å². The second-order valence-corrected chi connectivity index (χ2v) is 7.58. The Morgan fingerprint density at radius 3 is 3.05 bits per heavy atom. The van der Waals surface area contributed by atoms with Crippen LogP contribution in [-0.2, 0) is 10.2 Å². The molecule has 116 valence electrons. The van der Waals surface area contributed by atoms with Crippen molar-refractivity contribution in [2.24, 2.45) is 5.92 Å². The number of likely N-dealkylation sites (tertiary alicyclic amines) is 1. The first kappa shape index (κ1) is 14.0. The van der Waals surface area contributed by atoms with Gasteiger partial charge in [-0.15, -0.1) is 11.3 Å². The second-order valence-electron chi connectivity index (χ2n) is 6.63. The topological polar surface area (TPSA) is 46.3 Å². The van der Waals surface area contributed by atoms with Crippen LogP contribution in [0.5, 0.6) is 0 Å². The van der Waals surface area contributed by atoms with Gasteiger partial charge in [0.25, 0.3) is 0 Å². The van der Waals surface area contributed by atoms with E-state index in [0.717, 1.165) is 48.7 Å². The van der Waals surface area contributed by atoms with Gasteiger partial charge in [-0.2, -0.15) is 0 Å². The Morgan fingerprint density at radius 2 is 2.36 bits per heavy atom. The van der Waals surface area contributed by atoms with Crippen molar-refractivity contribution in [3.05, 3.63) is 29.3 Å². The average molecular weight is 316 g/mol. The molecule has 1 aliphatic heterocycles. The maximum absolute atomic E-state index is 13.0. The van der Waals surface area contributed by atoms with Crippen LogP contribution in [-0.4, -0.2) is 29.1 Å². The molecule has 0 aromatic carbocycles. The molecule has 1 saturated heterocycles. The van der Waals surface area contributed by atoms with Gasteiger partial charge in [0.2, 0.25) is 5.91 Å². The largest absolute Gasteiger partial charge is 0.355 e. The van der Waals surface area contributed by atoms with Crippen molar-refractivity contribution in [3.8, 4) is 10.6 Å². The predicted octanol–water partition coefficient (Wildman–Crippen LogP) is 3.69. The highest BCUT2D eigenvalue weighted by atomic mass is 32.1. The predicted molar refractivity (Wildman–Crippen MR) is 85.7 cm³/mol. The van der Waals surface area contributed by atoms with Gasteiger partial charge in [0, 0.05) is 19.2 Å². The molecule has 0 radical (unpaired) electrons. The summed E-state index contributed by atoms with van der Waals surface area (Å²) in [6.45, 7) is 4.00. The zero-order chi connectivity index (χ0) is 15.2. The molecule has 2 fully saturated rings. The van der Waals surface area contributed by atoms with E-state index in [-0.39, 0.29) is 5.91 Å². The number of rotatable bonds is 3. The van der Waals surface area contributed by atoms with E-state index in [4.69, 9.17) is 4.52 Å². The highest BCUT2D eigenvalue weighted by Gasteiger charge is 2.55. The van der Waals surface area contributed by atoms with Crippen LogP contribution >= 0.6 is 11.3 Å². The van der Waals surface area contributed by atoms with Crippen LogP contribution in [0.4, 0.5) is 0 Å². The lowest BCUT2D eigenvalue weighted by atomic mass is 9.95. The molecule has 2 aromatic rings. The summed E-state index contributed by atoms with van der Waals surface area (Å²) in [5.41, 5.74) is 0.412. The molecular formula is C17H20N2O2S. The Balaban J connectivity index is 1.57. The summed E-state index contributed by atoms with van der Waals surface area (Å²) in [6.07, 6.45) is 4.13. The van der Waals surface area contributed by atoms with Crippen LogP contribution in [0.3, 0.4) is 0 Å². The van der Waals surface area contributed by atoms with Gasteiger partial charge >= 0.3 is 0 Å². The molecule has 4 rings (SSSR count). The van der Waals surface area contributed by atoms with E-state index >= 15 is 0 Å². The van der Waals surface area contributed by atoms with Crippen LogP contribution < -0.4 is 0 Å². The highest BCUT2D eigenvalue weighted by Crippen LogP contribution is 2.50. The summed E-state index contributed by atoms with van der Waals surface area (Å²) in [6, 6.07) is 5.97. The molecule has 0 N–H and O–H groups in total. The number of amides is 1. The number of aromatic nitrogens is 1. The monoisotopic (exact) mass is 316 g/mol. The van der Waals surface area contributed by atoms with E-state index in [1.54, 1.807) is 11.3 Å². The first-order valence-electron chi connectivity index (χ1n) is 7.99. The molecule has 3 heterocycles. The molecule has 0 bridgehead atoms. The Morgan fingerprint density at radius 1 is 1.50 bits per heavy atom.